The van der Waals surface area contributed by atoms with Crippen molar-refractivity contribution in [1.82, 2.24) is 5.32 Å². The maximum atomic E-state index is 11.4. The van der Waals surface area contributed by atoms with E-state index in [1.54, 1.807) is 13.8 Å². The fourth-order valence-electron chi connectivity index (χ4n) is 1.09. The highest BCUT2D eigenvalue weighted by Crippen LogP contribution is 2.13. The Morgan fingerprint density at radius 2 is 2.06 bits per heavy atom. The van der Waals surface area contributed by atoms with E-state index < -0.39 is 6.10 Å². The van der Waals surface area contributed by atoms with Crippen LogP contribution in [0.2, 0.25) is 0 Å². The number of nitrogens with one attached hydrogen (secondary N) is 1. The van der Waals surface area contributed by atoms with E-state index in [1.807, 2.05) is 6.92 Å². The monoisotopic (exact) mass is 277 g/mol. The Bertz CT molecular complexity index is 258. The quantitative estimate of drug-likeness (QED) is 0.485. The lowest BCUT2D eigenvalue weighted by atomic mass is 10.3. The van der Waals surface area contributed by atoms with Crippen LogP contribution < -0.4 is 5.32 Å². The second-order valence-electron chi connectivity index (χ2n) is 4.02. The van der Waals surface area contributed by atoms with Crippen molar-refractivity contribution in [3.05, 3.63) is 0 Å². The standard InChI is InChI=1S/C12H23NO4S/c1-4-17-12(16)6-5-7-13-11(15)8-18-10(3)9(2)14/h9-10,14H,4-8H2,1-3H3,(H,13,15). The lowest BCUT2D eigenvalue weighted by Gasteiger charge is -2.13. The summed E-state index contributed by atoms with van der Waals surface area (Å²) in [5.41, 5.74) is 0. The summed E-state index contributed by atoms with van der Waals surface area (Å²) >= 11 is 1.41. The van der Waals surface area contributed by atoms with Crippen LogP contribution in [0, 0.1) is 0 Å². The third-order valence-corrected chi connectivity index (χ3v) is 3.69. The highest BCUT2D eigenvalue weighted by molar-refractivity contribution is 8.00. The minimum atomic E-state index is -0.424. The number of aliphatic hydroxyl groups excluding tert-OH is 1. The molecular weight excluding hydrogens is 254 g/mol. The van der Waals surface area contributed by atoms with Crippen molar-refractivity contribution in [2.24, 2.45) is 0 Å². The summed E-state index contributed by atoms with van der Waals surface area (Å²) in [4.78, 5) is 22.4. The summed E-state index contributed by atoms with van der Waals surface area (Å²) in [5, 5.41) is 12.0. The number of aliphatic hydroxyl groups is 1. The average molecular weight is 277 g/mol. The van der Waals surface area contributed by atoms with Crippen molar-refractivity contribution >= 4 is 23.6 Å². The van der Waals surface area contributed by atoms with Crippen LogP contribution in [0.15, 0.2) is 0 Å². The van der Waals surface area contributed by atoms with E-state index in [-0.39, 0.29) is 17.1 Å². The second kappa shape index (κ2) is 10.2. The van der Waals surface area contributed by atoms with Crippen molar-refractivity contribution < 1.29 is 19.4 Å². The van der Waals surface area contributed by atoms with E-state index in [0.29, 0.717) is 31.7 Å². The Labute approximate surface area is 113 Å². The van der Waals surface area contributed by atoms with Crippen LogP contribution in [0.3, 0.4) is 0 Å². The number of carbonyl (C=O) groups is 2. The molecule has 0 radical (unpaired) electrons. The molecule has 0 aromatic rings. The first-order valence-electron chi connectivity index (χ1n) is 6.19. The Balaban J connectivity index is 3.51. The molecule has 0 spiro atoms. The molecule has 0 aliphatic rings. The van der Waals surface area contributed by atoms with E-state index in [0.717, 1.165) is 0 Å². The number of ether oxygens (including phenoxy) is 1. The first-order valence-corrected chi connectivity index (χ1v) is 7.24. The van der Waals surface area contributed by atoms with Crippen LogP contribution in [0.5, 0.6) is 0 Å². The van der Waals surface area contributed by atoms with E-state index in [4.69, 9.17) is 4.74 Å². The topological polar surface area (TPSA) is 75.6 Å². The number of amides is 1. The number of esters is 1. The van der Waals surface area contributed by atoms with Crippen LogP contribution in [0.25, 0.3) is 0 Å². The molecule has 2 atom stereocenters. The van der Waals surface area contributed by atoms with Crippen LogP contribution in [-0.4, -0.2) is 47.2 Å². The molecule has 0 bridgehead atoms. The van der Waals surface area contributed by atoms with Gasteiger partial charge in [-0.15, -0.1) is 11.8 Å². The average Bonchev–Trinajstić information content (AvgIpc) is 2.31. The predicted octanol–water partition coefficient (Wildman–Crippen LogP) is 0.948. The van der Waals surface area contributed by atoms with E-state index in [2.05, 4.69) is 5.32 Å². The minimum Gasteiger partial charge on any atom is -0.466 e. The molecule has 0 rings (SSSR count). The fourth-order valence-corrected chi connectivity index (χ4v) is 1.89. The van der Waals surface area contributed by atoms with Gasteiger partial charge in [0.05, 0.1) is 18.5 Å². The highest BCUT2D eigenvalue weighted by Gasteiger charge is 2.11. The Hall–Kier alpha value is -0.750. The lowest BCUT2D eigenvalue weighted by Crippen LogP contribution is -2.28. The number of rotatable bonds is 9. The SMILES string of the molecule is CCOC(=O)CCCNC(=O)CSC(C)C(C)O. The number of hydrogen-bond donors (Lipinski definition) is 2. The second-order valence-corrected chi connectivity index (χ2v) is 5.38. The Morgan fingerprint density at radius 1 is 1.39 bits per heavy atom. The smallest absolute Gasteiger partial charge is 0.305 e. The molecule has 2 N–H and O–H groups in total. The van der Waals surface area contributed by atoms with Crippen molar-refractivity contribution in [1.29, 1.82) is 0 Å². The molecule has 18 heavy (non-hydrogen) atoms. The third kappa shape index (κ3) is 9.30. The van der Waals surface area contributed by atoms with Gasteiger partial charge in [0, 0.05) is 18.2 Å². The van der Waals surface area contributed by atoms with Crippen molar-refractivity contribution in [3.63, 3.8) is 0 Å². The molecule has 0 saturated carbocycles. The molecule has 1 amide bonds. The summed E-state index contributed by atoms with van der Waals surface area (Å²) in [6.07, 6.45) is 0.485. The van der Waals surface area contributed by atoms with Gasteiger partial charge < -0.3 is 15.2 Å². The van der Waals surface area contributed by atoms with Gasteiger partial charge >= 0.3 is 5.97 Å². The van der Waals surface area contributed by atoms with E-state index in [1.165, 1.54) is 11.8 Å². The summed E-state index contributed by atoms with van der Waals surface area (Å²) in [5.74, 6) is 0.0195. The summed E-state index contributed by atoms with van der Waals surface area (Å²) in [6, 6.07) is 0. The zero-order chi connectivity index (χ0) is 14.0. The van der Waals surface area contributed by atoms with Gasteiger partial charge in [-0.05, 0) is 20.3 Å². The maximum absolute atomic E-state index is 11.4. The first kappa shape index (κ1) is 17.2. The zero-order valence-corrected chi connectivity index (χ0v) is 12.1. The van der Waals surface area contributed by atoms with Gasteiger partial charge in [0.25, 0.3) is 0 Å². The van der Waals surface area contributed by atoms with Gasteiger partial charge in [-0.25, -0.2) is 0 Å². The summed E-state index contributed by atoms with van der Waals surface area (Å²) in [7, 11) is 0. The van der Waals surface area contributed by atoms with Gasteiger partial charge in [-0.3, -0.25) is 9.59 Å². The fraction of sp³-hybridized carbons (Fsp3) is 0.833. The summed E-state index contributed by atoms with van der Waals surface area (Å²) in [6.45, 7) is 6.21. The molecule has 0 aromatic heterocycles. The normalized spacial score (nSPS) is 13.8. The highest BCUT2D eigenvalue weighted by atomic mass is 32.2. The van der Waals surface area contributed by atoms with Crippen LogP contribution in [0.4, 0.5) is 0 Å². The predicted molar refractivity (Wildman–Crippen MR) is 72.5 cm³/mol. The molecular formula is C12H23NO4S. The Morgan fingerprint density at radius 3 is 2.61 bits per heavy atom. The maximum Gasteiger partial charge on any atom is 0.305 e. The number of hydrogen-bond acceptors (Lipinski definition) is 5. The molecule has 0 aliphatic heterocycles. The van der Waals surface area contributed by atoms with Crippen LogP contribution in [0.1, 0.15) is 33.6 Å². The molecule has 0 aromatic carbocycles. The van der Waals surface area contributed by atoms with Crippen molar-refractivity contribution in [2.75, 3.05) is 18.9 Å². The van der Waals surface area contributed by atoms with Crippen molar-refractivity contribution in [2.45, 2.75) is 45.0 Å². The molecule has 0 heterocycles. The Kier molecular flexibility index (Phi) is 9.77. The van der Waals surface area contributed by atoms with Gasteiger partial charge in [0.15, 0.2) is 0 Å². The first-order chi connectivity index (χ1) is 8.47. The number of thioether (sulfide) groups is 1. The molecule has 0 saturated heterocycles. The molecule has 0 aliphatic carbocycles. The minimum absolute atomic E-state index is 0.0373. The zero-order valence-electron chi connectivity index (χ0n) is 11.3. The molecule has 0 fully saturated rings. The van der Waals surface area contributed by atoms with E-state index >= 15 is 0 Å². The van der Waals surface area contributed by atoms with Crippen LogP contribution in [-0.2, 0) is 14.3 Å². The summed E-state index contributed by atoms with van der Waals surface area (Å²) < 4.78 is 4.77. The van der Waals surface area contributed by atoms with Gasteiger partial charge in [0.2, 0.25) is 5.91 Å². The molecule has 5 nitrogen and oxygen atoms in total. The van der Waals surface area contributed by atoms with Gasteiger partial charge in [0.1, 0.15) is 0 Å². The largest absolute Gasteiger partial charge is 0.466 e. The van der Waals surface area contributed by atoms with Crippen molar-refractivity contribution in [3.8, 4) is 0 Å². The number of carbonyl (C=O) groups excluding carboxylic acids is 2. The van der Waals surface area contributed by atoms with Gasteiger partial charge in [-0.1, -0.05) is 6.92 Å². The lowest BCUT2D eigenvalue weighted by molar-refractivity contribution is -0.143. The third-order valence-electron chi connectivity index (χ3n) is 2.34. The van der Waals surface area contributed by atoms with Crippen LogP contribution >= 0.6 is 11.8 Å². The van der Waals surface area contributed by atoms with E-state index in [9.17, 15) is 14.7 Å². The molecule has 6 heteroatoms. The molecule has 2 unspecified atom stereocenters. The molecule has 106 valence electrons. The van der Waals surface area contributed by atoms with Gasteiger partial charge in [-0.2, -0.15) is 0 Å².